The van der Waals surface area contributed by atoms with E-state index in [1.807, 2.05) is 19.1 Å². The molecule has 4 rings (SSSR count). The molecule has 1 aliphatic carbocycles. The summed E-state index contributed by atoms with van der Waals surface area (Å²) in [6.45, 7) is 1.62. The molecule has 8 nitrogen and oxygen atoms in total. The molecule has 0 bridgehead atoms. The minimum Gasteiger partial charge on any atom is -0.467 e. The van der Waals surface area contributed by atoms with Gasteiger partial charge in [0.2, 0.25) is 5.91 Å². The van der Waals surface area contributed by atoms with Crippen LogP contribution in [0.3, 0.4) is 0 Å². The molecule has 33 heavy (non-hydrogen) atoms. The van der Waals surface area contributed by atoms with Crippen LogP contribution in [-0.2, 0) is 9.59 Å². The second-order valence-electron chi connectivity index (χ2n) is 8.17. The number of carbonyl (C=O) groups excluding carboxylic acids is 3. The Labute approximate surface area is 191 Å². The second kappa shape index (κ2) is 10.2. The maximum atomic E-state index is 13.4. The van der Waals surface area contributed by atoms with E-state index in [2.05, 4.69) is 10.6 Å². The normalized spacial score (nSPS) is 14.6. The summed E-state index contributed by atoms with van der Waals surface area (Å²) in [7, 11) is 0. The zero-order valence-electron chi connectivity index (χ0n) is 18.5. The number of rotatable bonds is 8. The van der Waals surface area contributed by atoms with E-state index in [1.165, 1.54) is 23.5 Å². The van der Waals surface area contributed by atoms with Crippen molar-refractivity contribution < 1.29 is 23.2 Å². The van der Waals surface area contributed by atoms with Crippen molar-refractivity contribution in [2.75, 3.05) is 11.4 Å². The van der Waals surface area contributed by atoms with Gasteiger partial charge in [-0.1, -0.05) is 30.5 Å². The van der Waals surface area contributed by atoms with Crippen LogP contribution < -0.4 is 15.5 Å². The molecular formula is C25H27N3O5. The highest BCUT2D eigenvalue weighted by Crippen LogP contribution is 2.29. The third kappa shape index (κ3) is 5.34. The molecule has 3 aromatic rings. The van der Waals surface area contributed by atoms with E-state index in [0.717, 1.165) is 31.2 Å². The Hall–Kier alpha value is -3.81. The van der Waals surface area contributed by atoms with Gasteiger partial charge in [-0.25, -0.2) is 0 Å². The standard InChI is InChI=1S/C25H27N3O5/c1-17-10-12-19(13-11-17)28(22(29)16-26-24(30)21-9-5-15-33-21)23(20-8-4-14-32-20)25(31)27-18-6-2-3-7-18/h4-5,8-15,18,23H,2-3,6-7,16H2,1H3,(H,26,30)(H,27,31). The predicted molar refractivity (Wildman–Crippen MR) is 122 cm³/mol. The zero-order valence-corrected chi connectivity index (χ0v) is 18.5. The van der Waals surface area contributed by atoms with E-state index in [0.29, 0.717) is 11.4 Å². The van der Waals surface area contributed by atoms with Gasteiger partial charge < -0.3 is 19.5 Å². The van der Waals surface area contributed by atoms with Gasteiger partial charge in [-0.2, -0.15) is 0 Å². The van der Waals surface area contributed by atoms with E-state index >= 15 is 0 Å². The first-order chi connectivity index (χ1) is 16.0. The number of hydrogen-bond donors (Lipinski definition) is 2. The van der Waals surface area contributed by atoms with Crippen molar-refractivity contribution >= 4 is 23.4 Å². The van der Waals surface area contributed by atoms with Crippen molar-refractivity contribution in [2.24, 2.45) is 0 Å². The monoisotopic (exact) mass is 449 g/mol. The summed E-state index contributed by atoms with van der Waals surface area (Å²) in [5.74, 6) is -0.838. The van der Waals surface area contributed by atoms with Gasteiger partial charge in [0.05, 0.1) is 19.1 Å². The van der Waals surface area contributed by atoms with Gasteiger partial charge in [0, 0.05) is 11.7 Å². The third-order valence-electron chi connectivity index (χ3n) is 5.75. The Bertz CT molecular complexity index is 1070. The topological polar surface area (TPSA) is 105 Å². The lowest BCUT2D eigenvalue weighted by molar-refractivity contribution is -0.127. The van der Waals surface area contributed by atoms with Gasteiger partial charge >= 0.3 is 0 Å². The largest absolute Gasteiger partial charge is 0.467 e. The van der Waals surface area contributed by atoms with Gasteiger partial charge in [0.25, 0.3) is 11.8 Å². The van der Waals surface area contributed by atoms with E-state index in [1.54, 1.807) is 30.3 Å². The molecule has 0 spiro atoms. The first kappa shape index (κ1) is 22.4. The molecule has 172 valence electrons. The van der Waals surface area contributed by atoms with Crippen LogP contribution in [0, 0.1) is 6.92 Å². The Morgan fingerprint density at radius 1 is 1.00 bits per heavy atom. The first-order valence-corrected chi connectivity index (χ1v) is 11.1. The molecule has 0 aliphatic heterocycles. The van der Waals surface area contributed by atoms with Crippen molar-refractivity contribution in [2.45, 2.75) is 44.7 Å². The smallest absolute Gasteiger partial charge is 0.287 e. The van der Waals surface area contributed by atoms with E-state index in [9.17, 15) is 14.4 Å². The number of hydrogen-bond acceptors (Lipinski definition) is 5. The maximum Gasteiger partial charge on any atom is 0.287 e. The summed E-state index contributed by atoms with van der Waals surface area (Å²) in [6.07, 6.45) is 6.81. The molecule has 2 heterocycles. The molecule has 0 radical (unpaired) electrons. The third-order valence-corrected chi connectivity index (χ3v) is 5.75. The lowest BCUT2D eigenvalue weighted by Gasteiger charge is -2.31. The highest BCUT2D eigenvalue weighted by atomic mass is 16.3. The molecule has 2 N–H and O–H groups in total. The van der Waals surface area contributed by atoms with Crippen molar-refractivity contribution in [1.82, 2.24) is 10.6 Å². The van der Waals surface area contributed by atoms with Crippen LogP contribution in [0.15, 0.2) is 69.9 Å². The Morgan fingerprint density at radius 2 is 1.70 bits per heavy atom. The maximum absolute atomic E-state index is 13.4. The molecule has 1 aromatic carbocycles. The molecule has 1 unspecified atom stereocenters. The summed E-state index contributed by atoms with van der Waals surface area (Å²) in [5.41, 5.74) is 1.54. The Kier molecular flexibility index (Phi) is 6.92. The predicted octanol–water partition coefficient (Wildman–Crippen LogP) is 3.74. The molecule has 0 saturated heterocycles. The van der Waals surface area contributed by atoms with Crippen molar-refractivity contribution in [3.05, 3.63) is 78.1 Å². The fourth-order valence-electron chi connectivity index (χ4n) is 4.05. The van der Waals surface area contributed by atoms with Crippen LogP contribution in [0.5, 0.6) is 0 Å². The Morgan fingerprint density at radius 3 is 2.33 bits per heavy atom. The quantitative estimate of drug-likeness (QED) is 0.545. The zero-order chi connectivity index (χ0) is 23.2. The van der Waals surface area contributed by atoms with Gasteiger partial charge in [-0.15, -0.1) is 0 Å². The number of amides is 3. The van der Waals surface area contributed by atoms with E-state index < -0.39 is 17.9 Å². The number of aryl methyl sites for hydroxylation is 1. The molecule has 3 amide bonds. The number of furan rings is 2. The average Bonchev–Trinajstić information content (AvgIpc) is 3.60. The minimum absolute atomic E-state index is 0.0728. The van der Waals surface area contributed by atoms with Crippen LogP contribution in [0.4, 0.5) is 5.69 Å². The fourth-order valence-corrected chi connectivity index (χ4v) is 4.05. The van der Waals surface area contributed by atoms with Gasteiger partial charge in [0.1, 0.15) is 5.76 Å². The van der Waals surface area contributed by atoms with Crippen LogP contribution in [0.1, 0.15) is 53.6 Å². The summed E-state index contributed by atoms with van der Waals surface area (Å²) in [6, 6.07) is 12.8. The van der Waals surface area contributed by atoms with Crippen LogP contribution in [0.25, 0.3) is 0 Å². The lowest BCUT2D eigenvalue weighted by Crippen LogP contribution is -2.49. The lowest BCUT2D eigenvalue weighted by atomic mass is 10.1. The molecule has 1 fully saturated rings. The van der Waals surface area contributed by atoms with Gasteiger partial charge in [-0.3, -0.25) is 19.3 Å². The highest BCUT2D eigenvalue weighted by Gasteiger charge is 2.36. The highest BCUT2D eigenvalue weighted by molar-refractivity contribution is 6.04. The molecule has 1 aliphatic rings. The number of carbonyl (C=O) groups is 3. The number of nitrogens with one attached hydrogen (secondary N) is 2. The molecule has 1 saturated carbocycles. The van der Waals surface area contributed by atoms with Crippen molar-refractivity contribution in [1.29, 1.82) is 0 Å². The number of anilines is 1. The Balaban J connectivity index is 1.63. The molecular weight excluding hydrogens is 422 g/mol. The van der Waals surface area contributed by atoms with Crippen molar-refractivity contribution in [3.8, 4) is 0 Å². The van der Waals surface area contributed by atoms with Crippen LogP contribution in [0.2, 0.25) is 0 Å². The number of benzene rings is 1. The number of nitrogens with zero attached hydrogens (tertiary/aromatic N) is 1. The molecule has 8 heteroatoms. The molecule has 2 aromatic heterocycles. The van der Waals surface area contributed by atoms with Crippen LogP contribution in [-0.4, -0.2) is 30.3 Å². The van der Waals surface area contributed by atoms with Crippen molar-refractivity contribution in [3.63, 3.8) is 0 Å². The molecule has 1 atom stereocenters. The van der Waals surface area contributed by atoms with E-state index in [-0.39, 0.29) is 24.3 Å². The average molecular weight is 450 g/mol. The second-order valence-corrected chi connectivity index (χ2v) is 8.17. The van der Waals surface area contributed by atoms with E-state index in [4.69, 9.17) is 8.83 Å². The summed E-state index contributed by atoms with van der Waals surface area (Å²) in [5, 5.41) is 5.65. The van der Waals surface area contributed by atoms with Crippen LogP contribution >= 0.6 is 0 Å². The fraction of sp³-hybridized carbons (Fsp3) is 0.320. The summed E-state index contributed by atoms with van der Waals surface area (Å²) < 4.78 is 10.7. The minimum atomic E-state index is -1.02. The SMILES string of the molecule is Cc1ccc(N(C(=O)CNC(=O)c2ccco2)C(C(=O)NC2CCCC2)c2ccco2)cc1. The summed E-state index contributed by atoms with van der Waals surface area (Å²) in [4.78, 5) is 40.6. The summed E-state index contributed by atoms with van der Waals surface area (Å²) >= 11 is 0. The van der Waals surface area contributed by atoms with Gasteiger partial charge in [0.15, 0.2) is 11.8 Å². The first-order valence-electron chi connectivity index (χ1n) is 11.1. The van der Waals surface area contributed by atoms with Gasteiger partial charge in [-0.05, 0) is 56.2 Å².